The molecule has 0 saturated heterocycles. The molecule has 0 spiro atoms. The molecule has 0 radical (unpaired) electrons. The van der Waals surface area contributed by atoms with Gasteiger partial charge in [-0.25, -0.2) is 9.98 Å². The first-order valence-corrected chi connectivity index (χ1v) is 7.67. The van der Waals surface area contributed by atoms with E-state index in [4.69, 9.17) is 4.74 Å². The molecule has 2 N–H and O–H groups in total. The van der Waals surface area contributed by atoms with E-state index in [-0.39, 0.29) is 24.0 Å². The molecule has 0 atom stereocenters. The second-order valence-electron chi connectivity index (χ2n) is 5.04. The second kappa shape index (κ2) is 10.4. The first-order chi connectivity index (χ1) is 10.8. The molecule has 0 aliphatic heterocycles. The van der Waals surface area contributed by atoms with Crippen LogP contribution in [0.1, 0.15) is 19.2 Å². The minimum atomic E-state index is 0. The maximum atomic E-state index is 5.05. The quantitative estimate of drug-likeness (QED) is 0.306. The predicted octanol–water partition coefficient (Wildman–Crippen LogP) is 2.28. The number of para-hydroxylation sites is 2. The topological polar surface area (TPSA) is 63.5 Å². The fourth-order valence-electron chi connectivity index (χ4n) is 2.25. The van der Waals surface area contributed by atoms with Crippen molar-refractivity contribution in [1.82, 2.24) is 20.2 Å². The highest BCUT2D eigenvalue weighted by molar-refractivity contribution is 14.0. The largest absolute Gasteiger partial charge is 0.385 e. The molecule has 2 rings (SSSR count). The molecule has 0 fully saturated rings. The smallest absolute Gasteiger partial charge is 0.191 e. The number of nitrogens with one attached hydrogen (secondary N) is 2. The van der Waals surface area contributed by atoms with E-state index in [1.807, 2.05) is 25.2 Å². The number of hydrogen-bond donors (Lipinski definition) is 2. The third-order valence-electron chi connectivity index (χ3n) is 3.42. The van der Waals surface area contributed by atoms with E-state index in [9.17, 15) is 0 Å². The third-order valence-corrected chi connectivity index (χ3v) is 3.42. The van der Waals surface area contributed by atoms with E-state index >= 15 is 0 Å². The number of fused-ring (bicyclic) bond motifs is 1. The molecule has 0 aliphatic rings. The van der Waals surface area contributed by atoms with Gasteiger partial charge in [0, 0.05) is 33.9 Å². The Balaban J connectivity index is 0.00000264. The number of guanidine groups is 1. The monoisotopic (exact) mass is 431 g/mol. The van der Waals surface area contributed by atoms with Crippen molar-refractivity contribution in [3.63, 3.8) is 0 Å². The van der Waals surface area contributed by atoms with Gasteiger partial charge in [0.05, 0.1) is 11.0 Å². The van der Waals surface area contributed by atoms with E-state index in [1.165, 1.54) is 0 Å². The van der Waals surface area contributed by atoms with Gasteiger partial charge in [-0.2, -0.15) is 0 Å². The van der Waals surface area contributed by atoms with E-state index < -0.39 is 0 Å². The molecule has 0 unspecified atom stereocenters. The number of aryl methyl sites for hydroxylation is 1. The summed E-state index contributed by atoms with van der Waals surface area (Å²) in [5, 5.41) is 6.54. The van der Waals surface area contributed by atoms with Crippen LogP contribution in [-0.2, 0) is 18.3 Å². The summed E-state index contributed by atoms with van der Waals surface area (Å²) < 4.78 is 7.14. The van der Waals surface area contributed by atoms with Gasteiger partial charge in [-0.1, -0.05) is 12.1 Å². The number of rotatable bonds is 7. The zero-order valence-corrected chi connectivity index (χ0v) is 16.3. The number of hydrogen-bond acceptors (Lipinski definition) is 3. The van der Waals surface area contributed by atoms with Crippen LogP contribution in [0.3, 0.4) is 0 Å². The van der Waals surface area contributed by atoms with Crippen LogP contribution in [0.4, 0.5) is 0 Å². The van der Waals surface area contributed by atoms with Crippen molar-refractivity contribution in [3.8, 4) is 0 Å². The zero-order chi connectivity index (χ0) is 15.8. The SMILES string of the molecule is CCNC(=NCc1nc2ccccc2n1C)NCCCOC.I. The maximum absolute atomic E-state index is 5.05. The third kappa shape index (κ3) is 5.65. The average molecular weight is 431 g/mol. The normalized spacial score (nSPS) is 11.3. The molecule has 1 aromatic carbocycles. The van der Waals surface area contributed by atoms with Gasteiger partial charge in [0.1, 0.15) is 12.4 Å². The fourth-order valence-corrected chi connectivity index (χ4v) is 2.25. The summed E-state index contributed by atoms with van der Waals surface area (Å²) in [7, 11) is 3.74. The van der Waals surface area contributed by atoms with Crippen molar-refractivity contribution >= 4 is 41.0 Å². The molecule has 6 nitrogen and oxygen atoms in total. The highest BCUT2D eigenvalue weighted by atomic mass is 127. The molecular weight excluding hydrogens is 405 g/mol. The summed E-state index contributed by atoms with van der Waals surface area (Å²) in [5.41, 5.74) is 2.14. The van der Waals surface area contributed by atoms with Crippen molar-refractivity contribution in [1.29, 1.82) is 0 Å². The molecule has 1 aromatic heterocycles. The lowest BCUT2D eigenvalue weighted by atomic mass is 10.3. The summed E-state index contributed by atoms with van der Waals surface area (Å²) in [4.78, 5) is 9.24. The van der Waals surface area contributed by atoms with E-state index in [1.54, 1.807) is 7.11 Å². The number of aliphatic imine (C=N–C) groups is 1. The summed E-state index contributed by atoms with van der Waals surface area (Å²) in [6.07, 6.45) is 0.952. The summed E-state index contributed by atoms with van der Waals surface area (Å²) in [6.45, 7) is 5.02. The van der Waals surface area contributed by atoms with E-state index in [0.29, 0.717) is 6.54 Å². The Hall–Kier alpha value is -1.35. The Bertz CT molecular complexity index is 626. The van der Waals surface area contributed by atoms with Crippen molar-refractivity contribution in [2.45, 2.75) is 19.9 Å². The molecule has 23 heavy (non-hydrogen) atoms. The van der Waals surface area contributed by atoms with Gasteiger partial charge in [0.15, 0.2) is 5.96 Å². The van der Waals surface area contributed by atoms with Gasteiger partial charge in [-0.3, -0.25) is 0 Å². The highest BCUT2D eigenvalue weighted by Crippen LogP contribution is 2.14. The summed E-state index contributed by atoms with van der Waals surface area (Å²) in [6, 6.07) is 8.13. The highest BCUT2D eigenvalue weighted by Gasteiger charge is 2.06. The Morgan fingerprint density at radius 2 is 2.09 bits per heavy atom. The number of ether oxygens (including phenoxy) is 1. The standard InChI is InChI=1S/C16H25N5O.HI/c1-4-17-16(18-10-7-11-22-3)19-12-15-20-13-8-5-6-9-14(13)21(15)2;/h5-6,8-9H,4,7,10-12H2,1-3H3,(H2,17,18,19);1H. The maximum Gasteiger partial charge on any atom is 0.191 e. The lowest BCUT2D eigenvalue weighted by Crippen LogP contribution is -2.38. The molecule has 0 aliphatic carbocycles. The van der Waals surface area contributed by atoms with E-state index in [0.717, 1.165) is 48.9 Å². The fraction of sp³-hybridized carbons (Fsp3) is 0.500. The number of imidazole rings is 1. The summed E-state index contributed by atoms with van der Waals surface area (Å²) in [5.74, 6) is 1.76. The Labute approximate surface area is 154 Å². The second-order valence-corrected chi connectivity index (χ2v) is 5.04. The lowest BCUT2D eigenvalue weighted by Gasteiger charge is -2.10. The molecule has 0 saturated carbocycles. The van der Waals surface area contributed by atoms with Crippen LogP contribution in [0.5, 0.6) is 0 Å². The molecular formula is C16H26IN5O. The van der Waals surface area contributed by atoms with E-state index in [2.05, 4.69) is 38.2 Å². The molecule has 0 amide bonds. The first-order valence-electron chi connectivity index (χ1n) is 7.67. The van der Waals surface area contributed by atoms with Crippen LogP contribution in [0, 0.1) is 0 Å². The number of methoxy groups -OCH3 is 1. The number of benzene rings is 1. The molecule has 1 heterocycles. The lowest BCUT2D eigenvalue weighted by molar-refractivity contribution is 0.195. The van der Waals surface area contributed by atoms with Crippen LogP contribution in [0.2, 0.25) is 0 Å². The van der Waals surface area contributed by atoms with Crippen LogP contribution in [0.25, 0.3) is 11.0 Å². The van der Waals surface area contributed by atoms with Gasteiger partial charge in [-0.15, -0.1) is 24.0 Å². The van der Waals surface area contributed by atoms with Gasteiger partial charge >= 0.3 is 0 Å². The molecule has 0 bridgehead atoms. The molecule has 128 valence electrons. The average Bonchev–Trinajstić information content (AvgIpc) is 2.86. The number of nitrogens with zero attached hydrogens (tertiary/aromatic N) is 3. The van der Waals surface area contributed by atoms with Gasteiger partial charge in [0.25, 0.3) is 0 Å². The van der Waals surface area contributed by atoms with Gasteiger partial charge in [-0.05, 0) is 25.5 Å². The Kier molecular flexibility index (Phi) is 8.93. The Morgan fingerprint density at radius 1 is 1.30 bits per heavy atom. The molecule has 2 aromatic rings. The van der Waals surface area contributed by atoms with Crippen molar-refractivity contribution < 1.29 is 4.74 Å². The van der Waals surface area contributed by atoms with Gasteiger partial charge < -0.3 is 19.9 Å². The Morgan fingerprint density at radius 3 is 2.78 bits per heavy atom. The predicted molar refractivity (Wildman–Crippen MR) is 105 cm³/mol. The van der Waals surface area contributed by atoms with Gasteiger partial charge in [0.2, 0.25) is 0 Å². The van der Waals surface area contributed by atoms with Crippen molar-refractivity contribution in [3.05, 3.63) is 30.1 Å². The zero-order valence-electron chi connectivity index (χ0n) is 14.0. The van der Waals surface area contributed by atoms with Crippen molar-refractivity contribution in [2.75, 3.05) is 26.8 Å². The molecule has 7 heteroatoms. The number of halogens is 1. The van der Waals surface area contributed by atoms with Crippen LogP contribution in [-0.4, -0.2) is 42.3 Å². The minimum absolute atomic E-state index is 0. The van der Waals surface area contributed by atoms with Crippen LogP contribution in [0.15, 0.2) is 29.3 Å². The minimum Gasteiger partial charge on any atom is -0.385 e. The number of aromatic nitrogens is 2. The summed E-state index contributed by atoms with van der Waals surface area (Å²) >= 11 is 0. The van der Waals surface area contributed by atoms with Crippen molar-refractivity contribution in [2.24, 2.45) is 12.0 Å². The van der Waals surface area contributed by atoms with Crippen LogP contribution >= 0.6 is 24.0 Å². The first kappa shape index (κ1) is 19.7. The van der Waals surface area contributed by atoms with Crippen LogP contribution < -0.4 is 10.6 Å².